The minimum atomic E-state index is -0.337. The number of aryl methyl sites for hydroxylation is 1. The second-order valence-electron chi connectivity index (χ2n) is 6.92. The number of esters is 1. The first kappa shape index (κ1) is 20.6. The monoisotopic (exact) mass is 369 g/mol. The van der Waals surface area contributed by atoms with Crippen LogP contribution in [-0.2, 0) is 9.53 Å². The van der Waals surface area contributed by atoms with Gasteiger partial charge in [0, 0.05) is 24.9 Å². The standard InChI is InChI=1S/C22H27NO4/c1-16(2)15-26-14-13-21(24)27-20-11-9-19(10-12-20)23(4)22(25)18-7-5-17(3)6-8-18/h5-12,16H,13-15H2,1-4H3. The zero-order chi connectivity index (χ0) is 19.8. The Balaban J connectivity index is 1.89. The minimum Gasteiger partial charge on any atom is -0.426 e. The van der Waals surface area contributed by atoms with Crippen molar-refractivity contribution in [2.45, 2.75) is 27.2 Å². The number of hydrogen-bond donors (Lipinski definition) is 0. The number of rotatable bonds is 8. The highest BCUT2D eigenvalue weighted by molar-refractivity contribution is 6.05. The van der Waals surface area contributed by atoms with Gasteiger partial charge < -0.3 is 14.4 Å². The van der Waals surface area contributed by atoms with E-state index in [1.807, 2.05) is 31.2 Å². The molecule has 0 saturated carbocycles. The first-order valence-corrected chi connectivity index (χ1v) is 9.10. The van der Waals surface area contributed by atoms with Crippen LogP contribution < -0.4 is 9.64 Å². The van der Waals surface area contributed by atoms with Crippen molar-refractivity contribution >= 4 is 17.6 Å². The average molecular weight is 369 g/mol. The van der Waals surface area contributed by atoms with Crippen molar-refractivity contribution in [1.82, 2.24) is 0 Å². The minimum absolute atomic E-state index is 0.0953. The van der Waals surface area contributed by atoms with Gasteiger partial charge in [-0.05, 0) is 49.2 Å². The van der Waals surface area contributed by atoms with E-state index in [2.05, 4.69) is 13.8 Å². The average Bonchev–Trinajstić information content (AvgIpc) is 2.65. The summed E-state index contributed by atoms with van der Waals surface area (Å²) in [4.78, 5) is 25.9. The maximum Gasteiger partial charge on any atom is 0.313 e. The molecule has 1 amide bonds. The van der Waals surface area contributed by atoms with Gasteiger partial charge in [0.1, 0.15) is 5.75 Å². The third kappa shape index (κ3) is 6.53. The third-order valence-electron chi connectivity index (χ3n) is 3.96. The van der Waals surface area contributed by atoms with Gasteiger partial charge in [0.2, 0.25) is 0 Å². The van der Waals surface area contributed by atoms with E-state index in [0.717, 1.165) is 11.3 Å². The normalized spacial score (nSPS) is 10.7. The molecule has 0 radical (unpaired) electrons. The Morgan fingerprint density at radius 3 is 2.22 bits per heavy atom. The van der Waals surface area contributed by atoms with Gasteiger partial charge >= 0.3 is 5.97 Å². The van der Waals surface area contributed by atoms with Gasteiger partial charge in [0.25, 0.3) is 5.91 Å². The number of carbonyl (C=O) groups excluding carboxylic acids is 2. The Morgan fingerprint density at radius 2 is 1.63 bits per heavy atom. The maximum atomic E-state index is 12.5. The van der Waals surface area contributed by atoms with Crippen molar-refractivity contribution in [2.75, 3.05) is 25.2 Å². The van der Waals surface area contributed by atoms with Gasteiger partial charge in [-0.3, -0.25) is 9.59 Å². The molecular formula is C22H27NO4. The summed E-state index contributed by atoms with van der Waals surface area (Å²) in [6.07, 6.45) is 0.209. The Labute approximate surface area is 160 Å². The van der Waals surface area contributed by atoms with Crippen LogP contribution in [0.25, 0.3) is 0 Å². The summed E-state index contributed by atoms with van der Waals surface area (Å²) in [6, 6.07) is 14.3. The lowest BCUT2D eigenvalue weighted by Gasteiger charge is -2.18. The summed E-state index contributed by atoms with van der Waals surface area (Å²) in [6.45, 7) is 7.07. The highest BCUT2D eigenvalue weighted by atomic mass is 16.5. The van der Waals surface area contributed by atoms with E-state index in [0.29, 0.717) is 30.4 Å². The van der Waals surface area contributed by atoms with Gasteiger partial charge in [-0.1, -0.05) is 31.5 Å². The van der Waals surface area contributed by atoms with Crippen LogP contribution in [0.4, 0.5) is 5.69 Å². The molecule has 0 aromatic heterocycles. The number of benzene rings is 2. The first-order chi connectivity index (χ1) is 12.9. The van der Waals surface area contributed by atoms with Crippen molar-refractivity contribution in [3.8, 4) is 5.75 Å². The summed E-state index contributed by atoms with van der Waals surface area (Å²) in [7, 11) is 1.72. The van der Waals surface area contributed by atoms with Crippen LogP contribution in [0.5, 0.6) is 5.75 Å². The first-order valence-electron chi connectivity index (χ1n) is 9.10. The lowest BCUT2D eigenvalue weighted by Crippen LogP contribution is -2.26. The van der Waals surface area contributed by atoms with Gasteiger partial charge in [-0.15, -0.1) is 0 Å². The molecule has 144 valence electrons. The fourth-order valence-corrected chi connectivity index (χ4v) is 2.40. The molecule has 2 rings (SSSR count). The van der Waals surface area contributed by atoms with Crippen LogP contribution in [0, 0.1) is 12.8 Å². The molecule has 5 heteroatoms. The smallest absolute Gasteiger partial charge is 0.313 e. The fourth-order valence-electron chi connectivity index (χ4n) is 2.40. The molecule has 0 heterocycles. The Kier molecular flexibility index (Phi) is 7.55. The summed E-state index contributed by atoms with van der Waals surface area (Å²) in [5, 5.41) is 0. The van der Waals surface area contributed by atoms with Crippen molar-refractivity contribution in [2.24, 2.45) is 5.92 Å². The predicted octanol–water partition coefficient (Wildman–Crippen LogP) is 4.24. The molecule has 0 bridgehead atoms. The highest BCUT2D eigenvalue weighted by Crippen LogP contribution is 2.20. The molecule has 0 N–H and O–H groups in total. The number of amides is 1. The Hall–Kier alpha value is -2.66. The molecule has 2 aromatic rings. The second-order valence-corrected chi connectivity index (χ2v) is 6.92. The molecule has 0 atom stereocenters. The van der Waals surface area contributed by atoms with Gasteiger partial charge in [0.15, 0.2) is 0 Å². The molecule has 0 aliphatic rings. The van der Waals surface area contributed by atoms with Crippen LogP contribution in [0.1, 0.15) is 36.2 Å². The van der Waals surface area contributed by atoms with E-state index in [1.54, 1.807) is 36.2 Å². The molecule has 0 fully saturated rings. The summed E-state index contributed by atoms with van der Waals surface area (Å²) in [5.74, 6) is 0.453. The van der Waals surface area contributed by atoms with Gasteiger partial charge in [-0.25, -0.2) is 0 Å². The van der Waals surface area contributed by atoms with Gasteiger partial charge in [-0.2, -0.15) is 0 Å². The second kappa shape index (κ2) is 9.88. The van der Waals surface area contributed by atoms with E-state index in [4.69, 9.17) is 9.47 Å². The van der Waals surface area contributed by atoms with Crippen molar-refractivity contribution in [3.63, 3.8) is 0 Å². The predicted molar refractivity (Wildman–Crippen MR) is 106 cm³/mol. The molecule has 0 saturated heterocycles. The number of nitrogens with zero attached hydrogens (tertiary/aromatic N) is 1. The van der Waals surface area contributed by atoms with Crippen molar-refractivity contribution in [3.05, 3.63) is 59.7 Å². The fraction of sp³-hybridized carbons (Fsp3) is 0.364. The molecule has 0 spiro atoms. The van der Waals surface area contributed by atoms with E-state index in [-0.39, 0.29) is 18.3 Å². The van der Waals surface area contributed by atoms with E-state index in [9.17, 15) is 9.59 Å². The van der Waals surface area contributed by atoms with Crippen LogP contribution >= 0.6 is 0 Å². The third-order valence-corrected chi connectivity index (χ3v) is 3.96. The summed E-state index contributed by atoms with van der Waals surface area (Å²) >= 11 is 0. The SMILES string of the molecule is Cc1ccc(C(=O)N(C)c2ccc(OC(=O)CCOCC(C)C)cc2)cc1. The summed E-state index contributed by atoms with van der Waals surface area (Å²) < 4.78 is 10.7. The molecule has 2 aromatic carbocycles. The molecule has 27 heavy (non-hydrogen) atoms. The molecule has 0 unspecified atom stereocenters. The zero-order valence-electron chi connectivity index (χ0n) is 16.4. The topological polar surface area (TPSA) is 55.8 Å². The summed E-state index contributed by atoms with van der Waals surface area (Å²) in [5.41, 5.74) is 2.45. The van der Waals surface area contributed by atoms with Crippen LogP contribution in [0.3, 0.4) is 0 Å². The van der Waals surface area contributed by atoms with Crippen LogP contribution in [0.2, 0.25) is 0 Å². The number of hydrogen-bond acceptors (Lipinski definition) is 4. The molecule has 5 nitrogen and oxygen atoms in total. The molecule has 0 aliphatic heterocycles. The number of anilines is 1. The Morgan fingerprint density at radius 1 is 1.00 bits per heavy atom. The van der Waals surface area contributed by atoms with Crippen LogP contribution in [-0.4, -0.2) is 32.1 Å². The largest absolute Gasteiger partial charge is 0.426 e. The lowest BCUT2D eigenvalue weighted by molar-refractivity contribution is -0.135. The highest BCUT2D eigenvalue weighted by Gasteiger charge is 2.14. The van der Waals surface area contributed by atoms with Crippen molar-refractivity contribution < 1.29 is 19.1 Å². The maximum absolute atomic E-state index is 12.5. The van der Waals surface area contributed by atoms with Crippen molar-refractivity contribution in [1.29, 1.82) is 0 Å². The molecule has 0 aliphatic carbocycles. The van der Waals surface area contributed by atoms with Gasteiger partial charge in [0.05, 0.1) is 13.0 Å². The quantitative estimate of drug-likeness (QED) is 0.397. The van der Waals surface area contributed by atoms with E-state index in [1.165, 1.54) is 0 Å². The van der Waals surface area contributed by atoms with Crippen LogP contribution in [0.15, 0.2) is 48.5 Å². The number of carbonyl (C=O) groups is 2. The molecular weight excluding hydrogens is 342 g/mol. The van der Waals surface area contributed by atoms with E-state index >= 15 is 0 Å². The lowest BCUT2D eigenvalue weighted by atomic mass is 10.1. The zero-order valence-corrected chi connectivity index (χ0v) is 16.4. The van der Waals surface area contributed by atoms with E-state index < -0.39 is 0 Å². The Bertz CT molecular complexity index is 751. The number of ether oxygens (including phenoxy) is 2.